The molecule has 3 aliphatic rings. The van der Waals surface area contributed by atoms with Gasteiger partial charge < -0.3 is 25.7 Å². The summed E-state index contributed by atoms with van der Waals surface area (Å²) in [6.45, 7) is 3.87. The van der Waals surface area contributed by atoms with Crippen molar-refractivity contribution in [3.63, 3.8) is 0 Å². The molecule has 0 spiro atoms. The van der Waals surface area contributed by atoms with Crippen LogP contribution in [0.5, 0.6) is 0 Å². The third-order valence-electron chi connectivity index (χ3n) is 6.62. The zero-order valence-electron chi connectivity index (χ0n) is 19.3. The van der Waals surface area contributed by atoms with Gasteiger partial charge in [0.05, 0.1) is 47.1 Å². The van der Waals surface area contributed by atoms with Gasteiger partial charge >= 0.3 is 0 Å². The number of aromatic amines is 1. The Morgan fingerprint density at radius 1 is 1.26 bits per heavy atom. The second kappa shape index (κ2) is 8.99. The first-order chi connectivity index (χ1) is 17.0. The number of carbonyl (C=O) groups is 2. The minimum absolute atomic E-state index is 0.0787. The fourth-order valence-corrected chi connectivity index (χ4v) is 5.89. The summed E-state index contributed by atoms with van der Waals surface area (Å²) in [5, 5.41) is 13.5. The molecule has 3 aliphatic heterocycles. The number of aromatic nitrogens is 3. The number of fused-ring (bicyclic) bond motifs is 3. The molecule has 0 aliphatic carbocycles. The van der Waals surface area contributed by atoms with Crippen LogP contribution in [0, 0.1) is 0 Å². The molecule has 0 saturated carbocycles. The van der Waals surface area contributed by atoms with E-state index in [0.717, 1.165) is 41.2 Å². The number of thiazole rings is 1. The monoisotopic (exact) mass is 493 g/mol. The van der Waals surface area contributed by atoms with E-state index in [2.05, 4.69) is 30.9 Å². The average molecular weight is 494 g/mol. The standard InChI is InChI=1S/C24H27N7O3S/c1-14-20(6-16(8-26-14)28-22(32)13-30-10-17-2-3-18(11-30)34-17)29-23(33)19-9-27-31-12-21(35-24(19)31)15-4-5-25-7-15/h4-9,12,14,17-18,25-26H,2-3,10-11,13H2,1H3,(H,28,32)(H,29,33). The van der Waals surface area contributed by atoms with Crippen LogP contribution >= 0.6 is 11.3 Å². The van der Waals surface area contributed by atoms with Gasteiger partial charge in [0.2, 0.25) is 5.91 Å². The van der Waals surface area contributed by atoms with E-state index >= 15 is 0 Å². The molecule has 3 aromatic rings. The number of H-pyrrole nitrogens is 1. The molecule has 3 aromatic heterocycles. The van der Waals surface area contributed by atoms with Gasteiger partial charge in [-0.3, -0.25) is 14.5 Å². The van der Waals surface area contributed by atoms with E-state index in [1.54, 1.807) is 23.0 Å². The molecule has 4 N–H and O–H groups in total. The number of dihydropyridines is 1. The first-order valence-electron chi connectivity index (χ1n) is 11.8. The number of ether oxygens (including phenoxy) is 1. The van der Waals surface area contributed by atoms with Gasteiger partial charge in [-0.15, -0.1) is 11.3 Å². The summed E-state index contributed by atoms with van der Waals surface area (Å²) in [5.74, 6) is -0.316. The van der Waals surface area contributed by atoms with Crippen molar-refractivity contribution in [2.75, 3.05) is 19.6 Å². The molecule has 182 valence electrons. The minimum atomic E-state index is -0.237. The highest BCUT2D eigenvalue weighted by Crippen LogP contribution is 2.30. The molecule has 35 heavy (non-hydrogen) atoms. The molecule has 2 saturated heterocycles. The first kappa shape index (κ1) is 22.1. The fraction of sp³-hybridized carbons (Fsp3) is 0.375. The van der Waals surface area contributed by atoms with Gasteiger partial charge in [-0.2, -0.15) is 5.10 Å². The van der Waals surface area contributed by atoms with Crippen molar-refractivity contribution in [2.45, 2.75) is 38.0 Å². The predicted molar refractivity (Wildman–Crippen MR) is 132 cm³/mol. The van der Waals surface area contributed by atoms with Gasteiger partial charge in [0, 0.05) is 49.1 Å². The van der Waals surface area contributed by atoms with Crippen LogP contribution in [0.15, 0.2) is 54.5 Å². The van der Waals surface area contributed by atoms with E-state index in [1.807, 2.05) is 31.6 Å². The Hall–Kier alpha value is -3.41. The summed E-state index contributed by atoms with van der Waals surface area (Å²) in [5.41, 5.74) is 2.85. The van der Waals surface area contributed by atoms with Crippen LogP contribution < -0.4 is 16.0 Å². The highest BCUT2D eigenvalue weighted by Gasteiger charge is 2.34. The van der Waals surface area contributed by atoms with Crippen LogP contribution in [0.25, 0.3) is 15.3 Å². The normalized spacial score (nSPS) is 24.1. The molecule has 3 unspecified atom stereocenters. The van der Waals surface area contributed by atoms with E-state index in [4.69, 9.17) is 4.74 Å². The Bertz CT molecular complexity index is 1310. The molecular formula is C24H27N7O3S. The summed E-state index contributed by atoms with van der Waals surface area (Å²) in [6, 6.07) is 1.87. The van der Waals surface area contributed by atoms with Gasteiger partial charge in [-0.05, 0) is 31.9 Å². The van der Waals surface area contributed by atoms with Crippen LogP contribution in [-0.2, 0) is 9.53 Å². The van der Waals surface area contributed by atoms with E-state index in [-0.39, 0.29) is 30.1 Å². The second-order valence-electron chi connectivity index (χ2n) is 9.24. The quantitative estimate of drug-likeness (QED) is 0.416. The predicted octanol–water partition coefficient (Wildman–Crippen LogP) is 1.82. The summed E-state index contributed by atoms with van der Waals surface area (Å²) < 4.78 is 7.57. The Balaban J connectivity index is 1.12. The molecule has 6 rings (SSSR count). The highest BCUT2D eigenvalue weighted by molar-refractivity contribution is 7.21. The number of likely N-dealkylation sites (tertiary alicyclic amines) is 1. The molecular weight excluding hydrogens is 466 g/mol. The zero-order valence-corrected chi connectivity index (χ0v) is 20.1. The van der Waals surface area contributed by atoms with Gasteiger partial charge in [-0.1, -0.05) is 0 Å². The molecule has 2 fully saturated rings. The SMILES string of the molecule is CC1NC=C(NC(=O)CN2CC3CCC(C2)O3)C=C1NC(=O)c1cnn2cc(-c3cc[nH]c3)sc12. The van der Waals surface area contributed by atoms with Crippen molar-refractivity contribution in [3.8, 4) is 10.4 Å². The zero-order chi connectivity index (χ0) is 23.9. The lowest BCUT2D eigenvalue weighted by molar-refractivity contribution is -0.123. The second-order valence-corrected chi connectivity index (χ2v) is 10.3. The van der Waals surface area contributed by atoms with Crippen molar-refractivity contribution < 1.29 is 14.3 Å². The Morgan fingerprint density at radius 3 is 2.86 bits per heavy atom. The fourth-order valence-electron chi connectivity index (χ4n) is 4.84. The molecule has 11 heteroatoms. The van der Waals surface area contributed by atoms with Crippen molar-refractivity contribution in [1.29, 1.82) is 0 Å². The maximum absolute atomic E-state index is 13.1. The maximum Gasteiger partial charge on any atom is 0.260 e. The number of amides is 2. The van der Waals surface area contributed by atoms with Crippen LogP contribution in [0.1, 0.15) is 30.1 Å². The number of nitrogens with zero attached hydrogens (tertiary/aromatic N) is 3. The molecule has 0 radical (unpaired) electrons. The van der Waals surface area contributed by atoms with Crippen molar-refractivity contribution in [2.24, 2.45) is 0 Å². The third-order valence-corrected chi connectivity index (χ3v) is 7.78. The topological polar surface area (TPSA) is 116 Å². The smallest absolute Gasteiger partial charge is 0.260 e. The maximum atomic E-state index is 13.1. The van der Waals surface area contributed by atoms with E-state index in [1.165, 1.54) is 11.3 Å². The highest BCUT2D eigenvalue weighted by atomic mass is 32.1. The Labute approximate surface area is 206 Å². The van der Waals surface area contributed by atoms with E-state index < -0.39 is 0 Å². The van der Waals surface area contributed by atoms with Gasteiger partial charge in [0.25, 0.3) is 5.91 Å². The Morgan fingerprint density at radius 2 is 2.09 bits per heavy atom. The molecule has 0 aromatic carbocycles. The summed E-state index contributed by atoms with van der Waals surface area (Å²) in [4.78, 5) is 32.8. The first-order valence-corrected chi connectivity index (χ1v) is 12.6. The molecule has 10 nitrogen and oxygen atoms in total. The summed E-state index contributed by atoms with van der Waals surface area (Å²) in [6.07, 6.45) is 13.5. The van der Waals surface area contributed by atoms with Gasteiger partial charge in [0.1, 0.15) is 4.83 Å². The number of rotatable bonds is 6. The lowest BCUT2D eigenvalue weighted by Gasteiger charge is -2.31. The van der Waals surface area contributed by atoms with Crippen molar-refractivity contribution >= 4 is 28.0 Å². The molecule has 2 amide bonds. The number of hydrogen-bond donors (Lipinski definition) is 4. The number of allylic oxidation sites excluding steroid dienone is 1. The van der Waals surface area contributed by atoms with Crippen LogP contribution in [0.3, 0.4) is 0 Å². The lowest BCUT2D eigenvalue weighted by Crippen LogP contribution is -2.47. The number of carbonyl (C=O) groups excluding carboxylic acids is 2. The molecule has 3 atom stereocenters. The Kier molecular flexibility index (Phi) is 5.67. The minimum Gasteiger partial charge on any atom is -0.381 e. The number of morpholine rings is 1. The summed E-state index contributed by atoms with van der Waals surface area (Å²) in [7, 11) is 0. The number of hydrogen-bond acceptors (Lipinski definition) is 7. The largest absolute Gasteiger partial charge is 0.381 e. The molecule has 2 bridgehead atoms. The summed E-state index contributed by atoms with van der Waals surface area (Å²) >= 11 is 1.51. The van der Waals surface area contributed by atoms with E-state index in [0.29, 0.717) is 23.5 Å². The van der Waals surface area contributed by atoms with Gasteiger partial charge in [-0.25, -0.2) is 4.52 Å². The average Bonchev–Trinajstić information content (AvgIpc) is 3.60. The van der Waals surface area contributed by atoms with Gasteiger partial charge in [0.15, 0.2) is 0 Å². The van der Waals surface area contributed by atoms with E-state index in [9.17, 15) is 9.59 Å². The molecule has 6 heterocycles. The number of nitrogens with one attached hydrogen (secondary N) is 4. The van der Waals surface area contributed by atoms with Crippen LogP contribution in [0.4, 0.5) is 0 Å². The van der Waals surface area contributed by atoms with Crippen LogP contribution in [0.2, 0.25) is 0 Å². The van der Waals surface area contributed by atoms with Crippen LogP contribution in [-0.4, -0.2) is 69.2 Å². The lowest BCUT2D eigenvalue weighted by atomic mass is 10.1. The van der Waals surface area contributed by atoms with Crippen molar-refractivity contribution in [3.05, 3.63) is 60.1 Å². The van der Waals surface area contributed by atoms with Crippen molar-refractivity contribution in [1.82, 2.24) is 35.4 Å². The third kappa shape index (κ3) is 4.49.